The molecule has 0 saturated heterocycles. The van der Waals surface area contributed by atoms with Gasteiger partial charge in [-0.05, 0) is 35.4 Å². The highest BCUT2D eigenvalue weighted by Gasteiger charge is 2.22. The van der Waals surface area contributed by atoms with E-state index in [1.807, 2.05) is 18.2 Å². The number of aromatic carboxylic acids is 1. The van der Waals surface area contributed by atoms with Gasteiger partial charge in [-0.15, -0.1) is 11.3 Å². The summed E-state index contributed by atoms with van der Waals surface area (Å²) < 4.78 is 2.89. The van der Waals surface area contributed by atoms with Gasteiger partial charge in [-0.25, -0.2) is 9.78 Å². The third-order valence-corrected chi connectivity index (χ3v) is 5.42. The van der Waals surface area contributed by atoms with Gasteiger partial charge in [-0.2, -0.15) is 0 Å². The molecule has 4 aromatic rings. The van der Waals surface area contributed by atoms with Crippen molar-refractivity contribution < 1.29 is 9.90 Å². The zero-order valence-corrected chi connectivity index (χ0v) is 15.4. The lowest BCUT2D eigenvalue weighted by Gasteiger charge is -2.10. The van der Waals surface area contributed by atoms with Gasteiger partial charge in [0.1, 0.15) is 5.82 Å². The Morgan fingerprint density at radius 3 is 2.88 bits per heavy atom. The van der Waals surface area contributed by atoms with Crippen molar-refractivity contribution in [3.05, 3.63) is 70.1 Å². The Hall–Kier alpha value is -2.70. The van der Waals surface area contributed by atoms with Crippen LogP contribution in [0.1, 0.15) is 21.7 Å². The topological polar surface area (TPSA) is 68.0 Å². The highest BCUT2D eigenvalue weighted by molar-refractivity contribution is 7.17. The molecular formula is C19H14ClN3O2S. The number of hydrogen-bond donors (Lipinski definition) is 1. The first-order valence-electron chi connectivity index (χ1n) is 7.91. The Morgan fingerprint density at radius 2 is 2.12 bits per heavy atom. The molecule has 0 radical (unpaired) electrons. The molecule has 0 aliphatic rings. The number of carbonyl (C=O) groups is 1. The average molecular weight is 384 g/mol. The van der Waals surface area contributed by atoms with E-state index in [1.54, 1.807) is 35.1 Å². The van der Waals surface area contributed by atoms with E-state index in [9.17, 15) is 9.90 Å². The van der Waals surface area contributed by atoms with E-state index in [-0.39, 0.29) is 5.69 Å². The number of carboxylic acid groups (broad SMARTS) is 1. The Balaban J connectivity index is 1.90. The molecule has 5 nitrogen and oxygen atoms in total. The van der Waals surface area contributed by atoms with Crippen LogP contribution in [0, 0.1) is 6.92 Å². The van der Waals surface area contributed by atoms with Gasteiger partial charge in [0.15, 0.2) is 5.69 Å². The third-order valence-electron chi connectivity index (χ3n) is 4.20. The standard InChI is InChI=1S/C19H14ClN3O2S/c1-11-17(19(24)25)23(18(22-11)12-6-14(20)8-21-7-12)9-13-10-26-16-5-3-2-4-15(13)16/h2-8,10H,9H2,1H3,(H,24,25). The Labute approximate surface area is 158 Å². The van der Waals surface area contributed by atoms with Gasteiger partial charge >= 0.3 is 5.97 Å². The van der Waals surface area contributed by atoms with E-state index >= 15 is 0 Å². The van der Waals surface area contributed by atoms with Gasteiger partial charge in [0, 0.05) is 22.7 Å². The molecule has 0 aliphatic heterocycles. The molecule has 0 unspecified atom stereocenters. The average Bonchev–Trinajstić information content (AvgIpc) is 3.17. The lowest BCUT2D eigenvalue weighted by Crippen LogP contribution is -2.11. The molecule has 4 rings (SSSR count). The molecular weight excluding hydrogens is 370 g/mol. The van der Waals surface area contributed by atoms with Crippen molar-refractivity contribution in [2.24, 2.45) is 0 Å². The number of benzene rings is 1. The highest BCUT2D eigenvalue weighted by atomic mass is 35.5. The van der Waals surface area contributed by atoms with E-state index in [4.69, 9.17) is 11.6 Å². The van der Waals surface area contributed by atoms with Crippen LogP contribution < -0.4 is 0 Å². The Morgan fingerprint density at radius 1 is 1.31 bits per heavy atom. The first-order chi connectivity index (χ1) is 12.5. The number of carboxylic acids is 1. The van der Waals surface area contributed by atoms with Crippen molar-refractivity contribution >= 4 is 39.0 Å². The fourth-order valence-electron chi connectivity index (χ4n) is 3.08. The number of nitrogens with zero attached hydrogens (tertiary/aromatic N) is 3. The van der Waals surface area contributed by atoms with Gasteiger partial charge in [0.05, 0.1) is 17.3 Å². The van der Waals surface area contributed by atoms with Crippen molar-refractivity contribution in [3.63, 3.8) is 0 Å². The Kier molecular flexibility index (Phi) is 4.22. The summed E-state index contributed by atoms with van der Waals surface area (Å²) in [5.74, 6) is -0.457. The minimum Gasteiger partial charge on any atom is -0.477 e. The molecule has 7 heteroatoms. The van der Waals surface area contributed by atoms with Crippen LogP contribution in [0.25, 0.3) is 21.5 Å². The first kappa shape index (κ1) is 16.8. The van der Waals surface area contributed by atoms with E-state index < -0.39 is 5.97 Å². The summed E-state index contributed by atoms with van der Waals surface area (Å²) in [4.78, 5) is 20.4. The minimum absolute atomic E-state index is 0.176. The van der Waals surface area contributed by atoms with Crippen LogP contribution in [0.4, 0.5) is 0 Å². The van der Waals surface area contributed by atoms with Crippen LogP contribution in [0.2, 0.25) is 5.02 Å². The highest BCUT2D eigenvalue weighted by Crippen LogP contribution is 2.30. The van der Waals surface area contributed by atoms with Gasteiger partial charge in [0.25, 0.3) is 0 Å². The molecule has 1 aromatic carbocycles. The number of aryl methyl sites for hydroxylation is 1. The fraction of sp³-hybridized carbons (Fsp3) is 0.105. The number of imidazole rings is 1. The van der Waals surface area contributed by atoms with Crippen LogP contribution in [-0.2, 0) is 6.54 Å². The number of thiophene rings is 1. The number of rotatable bonds is 4. The minimum atomic E-state index is -1.00. The molecule has 130 valence electrons. The van der Waals surface area contributed by atoms with E-state index in [2.05, 4.69) is 21.4 Å². The SMILES string of the molecule is Cc1nc(-c2cncc(Cl)c2)n(Cc2csc3ccccc23)c1C(=O)O. The van der Waals surface area contributed by atoms with E-state index in [1.165, 1.54) is 10.9 Å². The third kappa shape index (κ3) is 2.87. The van der Waals surface area contributed by atoms with Crippen molar-refractivity contribution in [2.75, 3.05) is 0 Å². The summed E-state index contributed by atoms with van der Waals surface area (Å²) in [5, 5.41) is 13.4. The number of aromatic nitrogens is 3. The van der Waals surface area contributed by atoms with Crippen molar-refractivity contribution in [3.8, 4) is 11.4 Å². The summed E-state index contributed by atoms with van der Waals surface area (Å²) in [7, 11) is 0. The van der Waals surface area contributed by atoms with Gasteiger partial charge in [0.2, 0.25) is 0 Å². The van der Waals surface area contributed by atoms with Crippen LogP contribution in [-0.4, -0.2) is 25.6 Å². The van der Waals surface area contributed by atoms with E-state index in [0.29, 0.717) is 28.6 Å². The molecule has 0 atom stereocenters. The quantitative estimate of drug-likeness (QED) is 0.546. The second-order valence-corrected chi connectivity index (χ2v) is 7.26. The molecule has 0 saturated carbocycles. The monoisotopic (exact) mass is 383 g/mol. The predicted octanol–water partition coefficient (Wildman–Crippen LogP) is 4.87. The van der Waals surface area contributed by atoms with Gasteiger partial charge in [-0.1, -0.05) is 29.8 Å². The van der Waals surface area contributed by atoms with Gasteiger partial charge < -0.3 is 9.67 Å². The fourth-order valence-corrected chi connectivity index (χ4v) is 4.21. The maximum Gasteiger partial charge on any atom is 0.354 e. The summed E-state index contributed by atoms with van der Waals surface area (Å²) in [6.07, 6.45) is 3.18. The summed E-state index contributed by atoms with van der Waals surface area (Å²) >= 11 is 7.71. The van der Waals surface area contributed by atoms with Crippen molar-refractivity contribution in [1.29, 1.82) is 0 Å². The number of halogens is 1. The number of hydrogen-bond acceptors (Lipinski definition) is 4. The molecule has 0 fully saturated rings. The molecule has 26 heavy (non-hydrogen) atoms. The second-order valence-electron chi connectivity index (χ2n) is 5.91. The first-order valence-corrected chi connectivity index (χ1v) is 9.17. The molecule has 0 amide bonds. The largest absolute Gasteiger partial charge is 0.477 e. The maximum absolute atomic E-state index is 11.8. The van der Waals surface area contributed by atoms with Crippen LogP contribution in [0.15, 0.2) is 48.1 Å². The summed E-state index contributed by atoms with van der Waals surface area (Å²) in [6, 6.07) is 9.83. The number of pyridine rings is 1. The van der Waals surface area contributed by atoms with Crippen molar-refractivity contribution in [2.45, 2.75) is 13.5 Å². The molecule has 3 aromatic heterocycles. The predicted molar refractivity (Wildman–Crippen MR) is 103 cm³/mol. The number of fused-ring (bicyclic) bond motifs is 1. The molecule has 0 spiro atoms. The molecule has 3 heterocycles. The molecule has 0 aliphatic carbocycles. The zero-order chi connectivity index (χ0) is 18.3. The lowest BCUT2D eigenvalue weighted by molar-refractivity contribution is 0.0685. The Bertz CT molecular complexity index is 1130. The maximum atomic E-state index is 11.8. The lowest BCUT2D eigenvalue weighted by atomic mass is 10.1. The second kappa shape index (κ2) is 6.55. The summed E-state index contributed by atoms with van der Waals surface area (Å²) in [6.45, 7) is 2.11. The van der Waals surface area contributed by atoms with Crippen LogP contribution in [0.3, 0.4) is 0 Å². The smallest absolute Gasteiger partial charge is 0.354 e. The zero-order valence-electron chi connectivity index (χ0n) is 13.8. The van der Waals surface area contributed by atoms with Crippen LogP contribution >= 0.6 is 22.9 Å². The van der Waals surface area contributed by atoms with Crippen LogP contribution in [0.5, 0.6) is 0 Å². The molecule has 1 N–H and O–H groups in total. The molecule has 0 bridgehead atoms. The van der Waals surface area contributed by atoms with Crippen molar-refractivity contribution in [1.82, 2.24) is 14.5 Å². The normalized spacial score (nSPS) is 11.2. The summed E-state index contributed by atoms with van der Waals surface area (Å²) in [5.41, 5.74) is 2.39. The van der Waals surface area contributed by atoms with Gasteiger partial charge in [-0.3, -0.25) is 4.98 Å². The van der Waals surface area contributed by atoms with E-state index in [0.717, 1.165) is 10.9 Å².